The average molecular weight is 326 g/mol. The zero-order valence-corrected chi connectivity index (χ0v) is 12.4. The van der Waals surface area contributed by atoms with Gasteiger partial charge in [0.15, 0.2) is 0 Å². The molecule has 0 saturated heterocycles. The van der Waals surface area contributed by atoms with Gasteiger partial charge in [-0.25, -0.2) is 4.39 Å². The second-order valence-electron chi connectivity index (χ2n) is 5.70. The van der Waals surface area contributed by atoms with Crippen molar-refractivity contribution in [3.63, 3.8) is 0 Å². The van der Waals surface area contributed by atoms with Gasteiger partial charge in [0.25, 0.3) is 0 Å². The molecule has 0 aliphatic heterocycles. The Morgan fingerprint density at radius 2 is 1.65 bits per heavy atom. The minimum Gasteiger partial charge on any atom is -0.481 e. The number of carboxylic acids is 1. The summed E-state index contributed by atoms with van der Waals surface area (Å²) in [6.07, 6.45) is -4.62. The van der Waals surface area contributed by atoms with Gasteiger partial charge in [0.05, 0.1) is 11.0 Å². The second kappa shape index (κ2) is 5.68. The third-order valence-electron chi connectivity index (χ3n) is 3.73. The van der Waals surface area contributed by atoms with Crippen LogP contribution in [-0.4, -0.2) is 11.1 Å². The normalized spacial score (nSPS) is 12.3. The van der Waals surface area contributed by atoms with Gasteiger partial charge in [-0.15, -0.1) is 0 Å². The first-order valence-electron chi connectivity index (χ1n) is 6.74. The number of hydrogen-bond acceptors (Lipinski definition) is 1. The van der Waals surface area contributed by atoms with Gasteiger partial charge in [0.2, 0.25) is 0 Å². The fraction of sp³-hybridized carbons (Fsp3) is 0.235. The molecule has 0 aliphatic rings. The molecule has 0 unspecified atom stereocenters. The Morgan fingerprint density at radius 1 is 1.00 bits per heavy atom. The molecule has 0 aromatic heterocycles. The Labute approximate surface area is 130 Å². The Balaban J connectivity index is 2.50. The molecule has 2 nitrogen and oxygen atoms in total. The van der Waals surface area contributed by atoms with Gasteiger partial charge < -0.3 is 5.11 Å². The van der Waals surface area contributed by atoms with Gasteiger partial charge in [-0.3, -0.25) is 4.79 Å². The van der Waals surface area contributed by atoms with Gasteiger partial charge in [0, 0.05) is 5.56 Å². The van der Waals surface area contributed by atoms with Crippen LogP contribution in [0, 0.1) is 5.82 Å². The van der Waals surface area contributed by atoms with Crippen molar-refractivity contribution in [3.05, 3.63) is 59.4 Å². The first-order valence-corrected chi connectivity index (χ1v) is 6.74. The van der Waals surface area contributed by atoms with Crippen LogP contribution in [0.25, 0.3) is 11.1 Å². The van der Waals surface area contributed by atoms with Crippen LogP contribution < -0.4 is 0 Å². The molecule has 6 heteroatoms. The number of benzene rings is 2. The number of carboxylic acid groups (broad SMARTS) is 1. The topological polar surface area (TPSA) is 37.3 Å². The monoisotopic (exact) mass is 326 g/mol. The highest BCUT2D eigenvalue weighted by molar-refractivity contribution is 5.81. The Bertz CT molecular complexity index is 748. The summed E-state index contributed by atoms with van der Waals surface area (Å²) in [6.45, 7) is 3.00. The van der Waals surface area contributed by atoms with E-state index in [-0.39, 0.29) is 5.56 Å². The lowest BCUT2D eigenvalue weighted by molar-refractivity contribution is -0.142. The number of rotatable bonds is 3. The van der Waals surface area contributed by atoms with Crippen LogP contribution in [0.4, 0.5) is 17.6 Å². The van der Waals surface area contributed by atoms with Crippen molar-refractivity contribution in [2.24, 2.45) is 0 Å². The molecule has 0 amide bonds. The van der Waals surface area contributed by atoms with E-state index in [1.807, 2.05) is 0 Å². The lowest BCUT2D eigenvalue weighted by Gasteiger charge is -2.20. The van der Waals surface area contributed by atoms with Gasteiger partial charge in [-0.1, -0.05) is 24.3 Å². The summed E-state index contributed by atoms with van der Waals surface area (Å²) in [7, 11) is 0. The molecule has 1 N–H and O–H groups in total. The van der Waals surface area contributed by atoms with Gasteiger partial charge >= 0.3 is 12.1 Å². The average Bonchev–Trinajstić information content (AvgIpc) is 2.46. The molecule has 122 valence electrons. The maximum Gasteiger partial charge on any atom is 0.416 e. The molecule has 0 saturated carbocycles. The number of halogens is 4. The zero-order chi connectivity index (χ0) is 17.4. The maximum absolute atomic E-state index is 14.0. The van der Waals surface area contributed by atoms with Gasteiger partial charge in [-0.05, 0) is 43.2 Å². The molecule has 2 aromatic carbocycles. The van der Waals surface area contributed by atoms with Crippen LogP contribution in [0.1, 0.15) is 25.0 Å². The van der Waals surface area contributed by atoms with Crippen LogP contribution in [0.5, 0.6) is 0 Å². The van der Waals surface area contributed by atoms with E-state index < -0.39 is 28.9 Å². The molecule has 0 spiro atoms. The molecular formula is C17H14F4O2. The molecule has 2 rings (SSSR count). The summed E-state index contributed by atoms with van der Waals surface area (Å²) >= 11 is 0. The number of aliphatic carboxylic acids is 1. The molecule has 2 aromatic rings. The molecule has 0 aliphatic carbocycles. The smallest absolute Gasteiger partial charge is 0.416 e. The van der Waals surface area contributed by atoms with E-state index in [4.69, 9.17) is 0 Å². The summed E-state index contributed by atoms with van der Waals surface area (Å²) < 4.78 is 51.8. The van der Waals surface area contributed by atoms with E-state index in [2.05, 4.69) is 0 Å². The second-order valence-corrected chi connectivity index (χ2v) is 5.70. The minimum atomic E-state index is -4.62. The van der Waals surface area contributed by atoms with E-state index in [1.54, 1.807) is 12.1 Å². The predicted octanol–water partition coefficient (Wildman–Crippen LogP) is 4.87. The van der Waals surface area contributed by atoms with Gasteiger partial charge in [-0.2, -0.15) is 13.2 Å². The summed E-state index contributed by atoms with van der Waals surface area (Å²) in [5, 5.41) is 9.24. The Hall–Kier alpha value is -2.37. The lowest BCUT2D eigenvalue weighted by atomic mass is 9.83. The molecule has 0 fully saturated rings. The predicted molar refractivity (Wildman–Crippen MR) is 77.5 cm³/mol. The number of carbonyl (C=O) groups is 1. The summed E-state index contributed by atoms with van der Waals surface area (Å²) in [5.41, 5.74) is -1.52. The van der Waals surface area contributed by atoms with Crippen LogP contribution >= 0.6 is 0 Å². The lowest BCUT2D eigenvalue weighted by Crippen LogP contribution is -2.28. The van der Waals surface area contributed by atoms with Crippen LogP contribution in [0.15, 0.2) is 42.5 Å². The molecule has 0 atom stereocenters. The zero-order valence-electron chi connectivity index (χ0n) is 12.4. The molecule has 0 heterocycles. The third-order valence-corrected chi connectivity index (χ3v) is 3.73. The first-order chi connectivity index (χ1) is 10.5. The highest BCUT2D eigenvalue weighted by Gasteiger charge is 2.32. The highest BCUT2D eigenvalue weighted by Crippen LogP contribution is 2.34. The van der Waals surface area contributed by atoms with Crippen molar-refractivity contribution >= 4 is 5.97 Å². The van der Waals surface area contributed by atoms with Crippen LogP contribution in [0.3, 0.4) is 0 Å². The van der Waals surface area contributed by atoms with Crippen molar-refractivity contribution in [2.45, 2.75) is 25.4 Å². The van der Waals surface area contributed by atoms with E-state index in [1.165, 1.54) is 26.0 Å². The fourth-order valence-electron chi connectivity index (χ4n) is 2.12. The van der Waals surface area contributed by atoms with Crippen LogP contribution in [-0.2, 0) is 16.4 Å². The van der Waals surface area contributed by atoms with Crippen molar-refractivity contribution in [1.82, 2.24) is 0 Å². The molecule has 23 heavy (non-hydrogen) atoms. The number of hydrogen-bond donors (Lipinski definition) is 1. The Kier molecular flexibility index (Phi) is 4.20. The van der Waals surface area contributed by atoms with E-state index in [0.29, 0.717) is 17.2 Å². The van der Waals surface area contributed by atoms with Crippen molar-refractivity contribution in [1.29, 1.82) is 0 Å². The standard InChI is InChI=1S/C17H14F4O2/c1-16(2,15(22)23)11-5-3-4-10(8-11)13-7-6-12(9-14(13)18)17(19,20)21/h3-9H,1-2H3,(H,22,23). The first kappa shape index (κ1) is 17.0. The van der Waals surface area contributed by atoms with Crippen molar-refractivity contribution < 1.29 is 27.5 Å². The minimum absolute atomic E-state index is 0.0129. The molecule has 0 bridgehead atoms. The largest absolute Gasteiger partial charge is 0.481 e. The Morgan fingerprint density at radius 3 is 2.17 bits per heavy atom. The summed E-state index contributed by atoms with van der Waals surface area (Å²) in [5.74, 6) is -2.06. The van der Waals surface area contributed by atoms with E-state index >= 15 is 0 Å². The quantitative estimate of drug-likeness (QED) is 0.817. The SMILES string of the molecule is CC(C)(C(=O)O)c1cccc(-c2ccc(C(F)(F)F)cc2F)c1. The molecular weight excluding hydrogens is 312 g/mol. The van der Waals surface area contributed by atoms with E-state index in [0.717, 1.165) is 12.1 Å². The van der Waals surface area contributed by atoms with Crippen LogP contribution in [0.2, 0.25) is 0 Å². The fourth-order valence-corrected chi connectivity index (χ4v) is 2.12. The van der Waals surface area contributed by atoms with Crippen molar-refractivity contribution in [3.8, 4) is 11.1 Å². The maximum atomic E-state index is 14.0. The highest BCUT2D eigenvalue weighted by atomic mass is 19.4. The van der Waals surface area contributed by atoms with Crippen molar-refractivity contribution in [2.75, 3.05) is 0 Å². The van der Waals surface area contributed by atoms with E-state index in [9.17, 15) is 27.5 Å². The third kappa shape index (κ3) is 3.36. The molecule has 0 radical (unpaired) electrons. The summed E-state index contributed by atoms with van der Waals surface area (Å²) in [6, 6.07) is 8.40. The van der Waals surface area contributed by atoms with Gasteiger partial charge in [0.1, 0.15) is 5.82 Å². The number of alkyl halides is 3. The summed E-state index contributed by atoms with van der Waals surface area (Å²) in [4.78, 5) is 11.3.